The summed E-state index contributed by atoms with van der Waals surface area (Å²) in [6, 6.07) is 14.0. The van der Waals surface area contributed by atoms with Crippen LogP contribution in [0.2, 0.25) is 5.02 Å². The first-order chi connectivity index (χ1) is 14.4. The number of rotatable bonds is 4. The summed E-state index contributed by atoms with van der Waals surface area (Å²) < 4.78 is 32.8. The van der Waals surface area contributed by atoms with Crippen molar-refractivity contribution in [1.29, 1.82) is 0 Å². The average molecular weight is 450 g/mol. The number of halogens is 1. The normalized spacial score (nSPS) is 18.4. The molecule has 1 fully saturated rings. The number of hydrogen-bond acceptors (Lipinski definition) is 5. The second kappa shape index (κ2) is 8.93. The minimum absolute atomic E-state index is 0.0120. The molecule has 0 aromatic heterocycles. The maximum absolute atomic E-state index is 12.8. The Bertz CT molecular complexity index is 1010. The van der Waals surface area contributed by atoms with Crippen molar-refractivity contribution in [2.24, 2.45) is 0 Å². The molecule has 30 heavy (non-hydrogen) atoms. The van der Waals surface area contributed by atoms with Gasteiger partial charge >= 0.3 is 0 Å². The van der Waals surface area contributed by atoms with Crippen LogP contribution in [0.4, 0.5) is 0 Å². The summed E-state index contributed by atoms with van der Waals surface area (Å²) in [6.45, 7) is 3.49. The zero-order valence-corrected chi connectivity index (χ0v) is 18.1. The van der Waals surface area contributed by atoms with E-state index in [1.807, 2.05) is 24.3 Å². The molecule has 0 aliphatic carbocycles. The maximum atomic E-state index is 12.8. The van der Waals surface area contributed by atoms with Crippen LogP contribution in [0, 0.1) is 0 Å². The average Bonchev–Trinajstić information content (AvgIpc) is 2.96. The Morgan fingerprint density at radius 2 is 1.67 bits per heavy atom. The number of amides is 1. The van der Waals surface area contributed by atoms with Gasteiger partial charge in [0.1, 0.15) is 12.4 Å². The van der Waals surface area contributed by atoms with E-state index in [-0.39, 0.29) is 23.9 Å². The largest absolute Gasteiger partial charge is 0.492 e. The molecule has 0 bridgehead atoms. The summed E-state index contributed by atoms with van der Waals surface area (Å²) in [5.41, 5.74) is 1.07. The predicted molar refractivity (Wildman–Crippen MR) is 114 cm³/mol. The molecule has 2 aliphatic heterocycles. The van der Waals surface area contributed by atoms with Gasteiger partial charge in [0.2, 0.25) is 15.9 Å². The van der Waals surface area contributed by atoms with Gasteiger partial charge in [-0.05, 0) is 30.3 Å². The van der Waals surface area contributed by atoms with Crippen LogP contribution in [0.15, 0.2) is 53.4 Å². The summed E-state index contributed by atoms with van der Waals surface area (Å²) in [5.74, 6) is 0.881. The van der Waals surface area contributed by atoms with Gasteiger partial charge in [-0.2, -0.15) is 4.31 Å². The van der Waals surface area contributed by atoms with Crippen LogP contribution in [-0.2, 0) is 21.4 Å². The van der Waals surface area contributed by atoms with Crippen molar-refractivity contribution in [3.8, 4) is 5.75 Å². The molecule has 0 unspecified atom stereocenters. The first kappa shape index (κ1) is 21.1. The van der Waals surface area contributed by atoms with Crippen LogP contribution >= 0.6 is 11.6 Å². The van der Waals surface area contributed by atoms with Crippen molar-refractivity contribution in [2.75, 3.05) is 45.9 Å². The third-order valence-electron chi connectivity index (χ3n) is 5.43. The number of para-hydroxylation sites is 1. The van der Waals surface area contributed by atoms with Crippen molar-refractivity contribution in [1.82, 2.24) is 14.1 Å². The second-order valence-electron chi connectivity index (χ2n) is 7.41. The lowest BCUT2D eigenvalue weighted by atomic mass is 10.2. The Labute approximate surface area is 181 Å². The van der Waals surface area contributed by atoms with Crippen molar-refractivity contribution in [3.05, 3.63) is 59.1 Å². The topological polar surface area (TPSA) is 70.2 Å². The molecule has 2 aromatic rings. The van der Waals surface area contributed by atoms with Gasteiger partial charge in [0.25, 0.3) is 0 Å². The Morgan fingerprint density at radius 3 is 2.40 bits per heavy atom. The van der Waals surface area contributed by atoms with Crippen LogP contribution in [0.3, 0.4) is 0 Å². The van der Waals surface area contributed by atoms with E-state index in [1.54, 1.807) is 17.0 Å². The van der Waals surface area contributed by atoms with E-state index in [1.165, 1.54) is 16.4 Å². The highest BCUT2D eigenvalue weighted by Gasteiger charge is 2.30. The minimum Gasteiger partial charge on any atom is -0.492 e. The number of fused-ring (bicyclic) bond motifs is 1. The van der Waals surface area contributed by atoms with Gasteiger partial charge in [-0.1, -0.05) is 29.8 Å². The number of nitrogens with zero attached hydrogens (tertiary/aromatic N) is 3. The summed E-state index contributed by atoms with van der Waals surface area (Å²) in [5, 5.41) is 0.492. The lowest BCUT2D eigenvalue weighted by Gasteiger charge is -2.35. The van der Waals surface area contributed by atoms with Crippen LogP contribution in [0.5, 0.6) is 5.75 Å². The molecule has 0 spiro atoms. The standard InChI is InChI=1S/C21H24ClN3O4S/c22-18-5-7-19(8-6-18)30(27,28)25-11-9-24(10-12-25)21(26)16-23-13-14-29-20-4-2-1-3-17(20)15-23/h1-8H,9-16H2. The van der Waals surface area contributed by atoms with Gasteiger partial charge < -0.3 is 9.64 Å². The van der Waals surface area contributed by atoms with E-state index in [9.17, 15) is 13.2 Å². The van der Waals surface area contributed by atoms with Crippen molar-refractivity contribution < 1.29 is 17.9 Å². The molecule has 9 heteroatoms. The molecule has 4 rings (SSSR count). The third kappa shape index (κ3) is 4.62. The van der Waals surface area contributed by atoms with Crippen LogP contribution in [0.25, 0.3) is 0 Å². The molecule has 1 amide bonds. The Balaban J connectivity index is 1.34. The van der Waals surface area contributed by atoms with Gasteiger partial charge in [-0.15, -0.1) is 0 Å². The van der Waals surface area contributed by atoms with E-state index in [2.05, 4.69) is 4.90 Å². The van der Waals surface area contributed by atoms with Crippen LogP contribution in [-0.4, -0.2) is 74.3 Å². The van der Waals surface area contributed by atoms with Crippen molar-refractivity contribution >= 4 is 27.5 Å². The van der Waals surface area contributed by atoms with Crippen molar-refractivity contribution in [2.45, 2.75) is 11.4 Å². The van der Waals surface area contributed by atoms with Crippen LogP contribution in [0.1, 0.15) is 5.56 Å². The predicted octanol–water partition coefficient (Wildman–Crippen LogP) is 2.07. The summed E-state index contributed by atoms with van der Waals surface area (Å²) in [7, 11) is -3.58. The van der Waals surface area contributed by atoms with E-state index >= 15 is 0 Å². The van der Waals surface area contributed by atoms with Crippen LogP contribution < -0.4 is 4.74 Å². The number of piperazine rings is 1. The molecule has 7 nitrogen and oxygen atoms in total. The first-order valence-corrected chi connectivity index (χ1v) is 11.7. The maximum Gasteiger partial charge on any atom is 0.243 e. The molecule has 2 aliphatic rings. The smallest absolute Gasteiger partial charge is 0.243 e. The van der Waals surface area contributed by atoms with Crippen molar-refractivity contribution in [3.63, 3.8) is 0 Å². The van der Waals surface area contributed by atoms with E-state index in [0.29, 0.717) is 44.4 Å². The molecular formula is C21H24ClN3O4S. The van der Waals surface area contributed by atoms with Gasteiger partial charge in [-0.25, -0.2) is 8.42 Å². The number of sulfonamides is 1. The second-order valence-corrected chi connectivity index (χ2v) is 9.78. The molecular weight excluding hydrogens is 426 g/mol. The van der Waals surface area contributed by atoms with Gasteiger partial charge in [0.15, 0.2) is 0 Å². The van der Waals surface area contributed by atoms with E-state index < -0.39 is 10.0 Å². The Kier molecular flexibility index (Phi) is 6.29. The highest BCUT2D eigenvalue weighted by molar-refractivity contribution is 7.89. The third-order valence-corrected chi connectivity index (χ3v) is 7.60. The fourth-order valence-electron chi connectivity index (χ4n) is 3.74. The number of ether oxygens (including phenoxy) is 1. The monoisotopic (exact) mass is 449 g/mol. The van der Waals surface area contributed by atoms with E-state index in [0.717, 1.165) is 11.3 Å². The first-order valence-electron chi connectivity index (χ1n) is 9.90. The lowest BCUT2D eigenvalue weighted by molar-refractivity contribution is -0.133. The Morgan fingerprint density at radius 1 is 0.967 bits per heavy atom. The SMILES string of the molecule is O=C(CN1CCOc2ccccc2C1)N1CCN(S(=O)(=O)c2ccc(Cl)cc2)CC1. The van der Waals surface area contributed by atoms with Gasteiger partial charge in [0, 0.05) is 49.9 Å². The molecule has 1 saturated heterocycles. The minimum atomic E-state index is -3.58. The molecule has 2 heterocycles. The molecule has 0 radical (unpaired) electrons. The number of benzene rings is 2. The number of carbonyl (C=O) groups is 1. The zero-order chi connectivity index (χ0) is 21.1. The molecule has 0 saturated carbocycles. The molecule has 2 aromatic carbocycles. The zero-order valence-electron chi connectivity index (χ0n) is 16.5. The number of hydrogen-bond donors (Lipinski definition) is 0. The van der Waals surface area contributed by atoms with E-state index in [4.69, 9.17) is 16.3 Å². The fraction of sp³-hybridized carbons (Fsp3) is 0.381. The summed E-state index contributed by atoms with van der Waals surface area (Å²) in [6.07, 6.45) is 0. The summed E-state index contributed by atoms with van der Waals surface area (Å²) in [4.78, 5) is 16.8. The highest BCUT2D eigenvalue weighted by Crippen LogP contribution is 2.23. The quantitative estimate of drug-likeness (QED) is 0.714. The molecule has 160 valence electrons. The highest BCUT2D eigenvalue weighted by atomic mass is 35.5. The molecule has 0 atom stereocenters. The van der Waals surface area contributed by atoms with Gasteiger partial charge in [0.05, 0.1) is 11.4 Å². The fourth-order valence-corrected chi connectivity index (χ4v) is 5.29. The Hall–Kier alpha value is -2.13. The lowest BCUT2D eigenvalue weighted by Crippen LogP contribution is -2.52. The van der Waals surface area contributed by atoms with Gasteiger partial charge in [-0.3, -0.25) is 9.69 Å². The number of carbonyl (C=O) groups excluding carboxylic acids is 1. The molecule has 0 N–H and O–H groups in total. The summed E-state index contributed by atoms with van der Waals surface area (Å²) >= 11 is 5.86.